The van der Waals surface area contributed by atoms with Gasteiger partial charge >= 0.3 is 0 Å². The molecule has 1 saturated heterocycles. The van der Waals surface area contributed by atoms with Crippen LogP contribution in [0.2, 0.25) is 0 Å². The molecule has 0 radical (unpaired) electrons. The molecular formula is C12H24ClN3O. The number of nitrogens with one attached hydrogen (secondary N) is 2. The molecule has 100 valence electrons. The summed E-state index contributed by atoms with van der Waals surface area (Å²) in [7, 11) is 0. The highest BCUT2D eigenvalue weighted by Crippen LogP contribution is 2.08. The Morgan fingerprint density at radius 1 is 1.53 bits per heavy atom. The first-order chi connectivity index (χ1) is 7.54. The standard InChI is InChI=1S/C12H23N3O.ClH/c1-5-6-13-12(16)11(4)15-7-9(2)14-10(3)8-15;/h5,9-11,14H,1,6-8H2,2-4H3,(H,13,16);1H. The number of nitrogens with zero attached hydrogens (tertiary/aromatic N) is 1. The van der Waals surface area contributed by atoms with E-state index in [4.69, 9.17) is 0 Å². The second kappa shape index (κ2) is 7.69. The Balaban J connectivity index is 0.00000256. The van der Waals surface area contributed by atoms with Gasteiger partial charge in [0, 0.05) is 31.7 Å². The molecule has 1 aliphatic heterocycles. The van der Waals surface area contributed by atoms with E-state index in [0.717, 1.165) is 13.1 Å². The number of amides is 1. The lowest BCUT2D eigenvalue weighted by molar-refractivity contribution is -0.126. The van der Waals surface area contributed by atoms with E-state index in [1.807, 2.05) is 6.92 Å². The fourth-order valence-electron chi connectivity index (χ4n) is 2.17. The monoisotopic (exact) mass is 261 g/mol. The van der Waals surface area contributed by atoms with Gasteiger partial charge in [0.25, 0.3) is 0 Å². The number of hydrogen-bond acceptors (Lipinski definition) is 3. The average molecular weight is 262 g/mol. The van der Waals surface area contributed by atoms with Crippen LogP contribution in [0.25, 0.3) is 0 Å². The van der Waals surface area contributed by atoms with Gasteiger partial charge in [0.1, 0.15) is 0 Å². The normalized spacial score (nSPS) is 26.8. The summed E-state index contributed by atoms with van der Waals surface area (Å²) in [6, 6.07) is 0.823. The van der Waals surface area contributed by atoms with Gasteiger partial charge in [-0.1, -0.05) is 6.08 Å². The van der Waals surface area contributed by atoms with E-state index in [-0.39, 0.29) is 24.4 Å². The molecule has 0 aromatic rings. The average Bonchev–Trinajstić information content (AvgIpc) is 2.23. The van der Waals surface area contributed by atoms with Crippen molar-refractivity contribution in [2.75, 3.05) is 19.6 Å². The van der Waals surface area contributed by atoms with Gasteiger partial charge in [0.05, 0.1) is 6.04 Å². The molecular weight excluding hydrogens is 238 g/mol. The summed E-state index contributed by atoms with van der Waals surface area (Å²) in [6.45, 7) is 12.2. The molecule has 3 atom stereocenters. The van der Waals surface area contributed by atoms with Crippen molar-refractivity contribution in [3.63, 3.8) is 0 Å². The Kier molecular flexibility index (Phi) is 7.43. The third-order valence-corrected chi connectivity index (χ3v) is 2.93. The maximum absolute atomic E-state index is 11.8. The lowest BCUT2D eigenvalue weighted by Gasteiger charge is -2.38. The number of carbonyl (C=O) groups excluding carboxylic acids is 1. The van der Waals surface area contributed by atoms with Crippen molar-refractivity contribution in [1.29, 1.82) is 0 Å². The van der Waals surface area contributed by atoms with Crippen LogP contribution in [-0.4, -0.2) is 48.6 Å². The lowest BCUT2D eigenvalue weighted by atomic mass is 10.1. The smallest absolute Gasteiger partial charge is 0.237 e. The van der Waals surface area contributed by atoms with E-state index < -0.39 is 0 Å². The molecule has 0 aromatic heterocycles. The van der Waals surface area contributed by atoms with Crippen LogP contribution in [0.4, 0.5) is 0 Å². The summed E-state index contributed by atoms with van der Waals surface area (Å²) in [4.78, 5) is 14.0. The van der Waals surface area contributed by atoms with Crippen LogP contribution in [0.3, 0.4) is 0 Å². The maximum atomic E-state index is 11.8. The molecule has 3 unspecified atom stereocenters. The largest absolute Gasteiger partial charge is 0.351 e. The zero-order valence-electron chi connectivity index (χ0n) is 10.9. The van der Waals surface area contributed by atoms with Crippen LogP contribution in [0.1, 0.15) is 20.8 Å². The fourth-order valence-corrected chi connectivity index (χ4v) is 2.17. The predicted octanol–water partition coefficient (Wildman–Crippen LogP) is 0.781. The van der Waals surface area contributed by atoms with Crippen LogP contribution in [0.5, 0.6) is 0 Å². The lowest BCUT2D eigenvalue weighted by Crippen LogP contribution is -2.59. The molecule has 1 heterocycles. The van der Waals surface area contributed by atoms with E-state index in [2.05, 4.69) is 36.0 Å². The van der Waals surface area contributed by atoms with Gasteiger partial charge in [0.15, 0.2) is 0 Å². The van der Waals surface area contributed by atoms with Crippen LogP contribution in [-0.2, 0) is 4.79 Å². The maximum Gasteiger partial charge on any atom is 0.237 e. The van der Waals surface area contributed by atoms with Gasteiger partial charge in [-0.15, -0.1) is 19.0 Å². The number of hydrogen-bond donors (Lipinski definition) is 2. The molecule has 0 aromatic carbocycles. The first-order valence-corrected chi connectivity index (χ1v) is 5.93. The summed E-state index contributed by atoms with van der Waals surface area (Å²) in [5, 5.41) is 6.30. The Morgan fingerprint density at radius 3 is 2.53 bits per heavy atom. The Bertz CT molecular complexity index is 250. The molecule has 2 N–H and O–H groups in total. The highest BCUT2D eigenvalue weighted by atomic mass is 35.5. The molecule has 17 heavy (non-hydrogen) atoms. The summed E-state index contributed by atoms with van der Waals surface area (Å²) in [5.74, 6) is 0.0844. The SMILES string of the molecule is C=CCNC(=O)C(C)N1CC(C)NC(C)C1.Cl. The fraction of sp³-hybridized carbons (Fsp3) is 0.750. The number of piperazine rings is 1. The van der Waals surface area contributed by atoms with Crippen LogP contribution in [0.15, 0.2) is 12.7 Å². The van der Waals surface area contributed by atoms with E-state index in [1.165, 1.54) is 0 Å². The van der Waals surface area contributed by atoms with E-state index in [0.29, 0.717) is 18.6 Å². The summed E-state index contributed by atoms with van der Waals surface area (Å²) in [5.41, 5.74) is 0. The topological polar surface area (TPSA) is 44.4 Å². The van der Waals surface area contributed by atoms with Crippen molar-refractivity contribution in [1.82, 2.24) is 15.5 Å². The summed E-state index contributed by atoms with van der Waals surface area (Å²) in [6.07, 6.45) is 1.70. The van der Waals surface area contributed by atoms with Gasteiger partial charge in [-0.05, 0) is 20.8 Å². The first-order valence-electron chi connectivity index (χ1n) is 5.93. The molecule has 0 saturated carbocycles. The molecule has 1 rings (SSSR count). The van der Waals surface area contributed by atoms with E-state index in [1.54, 1.807) is 6.08 Å². The number of halogens is 1. The zero-order valence-corrected chi connectivity index (χ0v) is 11.7. The summed E-state index contributed by atoms with van der Waals surface area (Å²) >= 11 is 0. The molecule has 5 heteroatoms. The van der Waals surface area contributed by atoms with E-state index in [9.17, 15) is 4.79 Å². The Labute approximate surface area is 110 Å². The van der Waals surface area contributed by atoms with Crippen LogP contribution < -0.4 is 10.6 Å². The Hall–Kier alpha value is -0.580. The highest BCUT2D eigenvalue weighted by molar-refractivity contribution is 5.85. The zero-order chi connectivity index (χ0) is 12.1. The van der Waals surface area contributed by atoms with E-state index >= 15 is 0 Å². The second-order valence-corrected chi connectivity index (χ2v) is 4.63. The molecule has 1 aliphatic rings. The van der Waals surface area contributed by atoms with Gasteiger partial charge < -0.3 is 10.6 Å². The van der Waals surface area contributed by atoms with Crippen molar-refractivity contribution in [3.8, 4) is 0 Å². The van der Waals surface area contributed by atoms with Gasteiger partial charge in [-0.2, -0.15) is 0 Å². The second-order valence-electron chi connectivity index (χ2n) is 4.63. The third-order valence-electron chi connectivity index (χ3n) is 2.93. The van der Waals surface area contributed by atoms with Crippen molar-refractivity contribution < 1.29 is 4.79 Å². The predicted molar refractivity (Wildman–Crippen MR) is 73.5 cm³/mol. The first kappa shape index (κ1) is 16.4. The summed E-state index contributed by atoms with van der Waals surface area (Å²) < 4.78 is 0. The molecule has 4 nitrogen and oxygen atoms in total. The van der Waals surface area contributed by atoms with Crippen molar-refractivity contribution >= 4 is 18.3 Å². The molecule has 0 bridgehead atoms. The molecule has 1 fully saturated rings. The number of rotatable bonds is 4. The van der Waals surface area contributed by atoms with Crippen LogP contribution >= 0.6 is 12.4 Å². The van der Waals surface area contributed by atoms with Crippen molar-refractivity contribution in [2.24, 2.45) is 0 Å². The minimum absolute atomic E-state index is 0. The van der Waals surface area contributed by atoms with Crippen LogP contribution in [0, 0.1) is 0 Å². The number of carbonyl (C=O) groups is 1. The third kappa shape index (κ3) is 5.06. The molecule has 1 amide bonds. The van der Waals surface area contributed by atoms with Gasteiger partial charge in [-0.25, -0.2) is 0 Å². The minimum atomic E-state index is -0.0630. The molecule has 0 spiro atoms. The van der Waals surface area contributed by atoms with Crippen molar-refractivity contribution in [2.45, 2.75) is 38.9 Å². The van der Waals surface area contributed by atoms with Gasteiger partial charge in [0.2, 0.25) is 5.91 Å². The minimum Gasteiger partial charge on any atom is -0.351 e. The Morgan fingerprint density at radius 2 is 2.06 bits per heavy atom. The quantitative estimate of drug-likeness (QED) is 0.736. The highest BCUT2D eigenvalue weighted by Gasteiger charge is 2.27. The van der Waals surface area contributed by atoms with Gasteiger partial charge in [-0.3, -0.25) is 9.69 Å². The van der Waals surface area contributed by atoms with Crippen molar-refractivity contribution in [3.05, 3.63) is 12.7 Å². The molecule has 0 aliphatic carbocycles.